The fourth-order valence-corrected chi connectivity index (χ4v) is 3.49. The van der Waals surface area contributed by atoms with Crippen molar-refractivity contribution in [2.24, 2.45) is 0 Å². The third-order valence-electron chi connectivity index (χ3n) is 5.11. The van der Waals surface area contributed by atoms with Crippen LogP contribution in [0.4, 0.5) is 24.5 Å². The lowest BCUT2D eigenvalue weighted by Crippen LogP contribution is -2.43. The lowest BCUT2D eigenvalue weighted by atomic mass is 10.1. The summed E-state index contributed by atoms with van der Waals surface area (Å²) in [6.45, 7) is 3.76. The molecular formula is C21H20F3N5O2S. The van der Waals surface area contributed by atoms with Crippen molar-refractivity contribution >= 4 is 36.7 Å². The van der Waals surface area contributed by atoms with E-state index in [2.05, 4.69) is 15.4 Å². The van der Waals surface area contributed by atoms with E-state index in [4.69, 9.17) is 0 Å². The lowest BCUT2D eigenvalue weighted by molar-refractivity contribution is -0.137. The van der Waals surface area contributed by atoms with Gasteiger partial charge in [0.2, 0.25) is 0 Å². The first kappa shape index (κ1) is 23.3. The van der Waals surface area contributed by atoms with Crippen molar-refractivity contribution in [3.05, 3.63) is 71.3 Å². The minimum absolute atomic E-state index is 0. The second-order valence-corrected chi connectivity index (χ2v) is 7.25. The highest BCUT2D eigenvalue weighted by Gasteiger charge is 2.36. The second-order valence-electron chi connectivity index (χ2n) is 7.25. The highest BCUT2D eigenvalue weighted by Crippen LogP contribution is 2.33. The van der Waals surface area contributed by atoms with Crippen molar-refractivity contribution in [1.29, 1.82) is 0 Å². The van der Waals surface area contributed by atoms with E-state index >= 15 is 0 Å². The van der Waals surface area contributed by atoms with E-state index in [-0.39, 0.29) is 37.3 Å². The average Bonchev–Trinajstić information content (AvgIpc) is 3.18. The molecule has 0 spiro atoms. The van der Waals surface area contributed by atoms with Gasteiger partial charge in [-0.15, -0.1) is 0 Å². The van der Waals surface area contributed by atoms with Crippen LogP contribution in [-0.2, 0) is 6.18 Å². The number of alkyl halides is 3. The number of rotatable bonds is 3. The van der Waals surface area contributed by atoms with Crippen molar-refractivity contribution in [2.75, 3.05) is 16.8 Å². The molecule has 0 unspecified atom stereocenters. The fourth-order valence-electron chi connectivity index (χ4n) is 3.49. The van der Waals surface area contributed by atoms with Gasteiger partial charge < -0.3 is 10.2 Å². The summed E-state index contributed by atoms with van der Waals surface area (Å²) in [4.78, 5) is 31.5. The highest BCUT2D eigenvalue weighted by molar-refractivity contribution is 7.59. The number of halogens is 3. The van der Waals surface area contributed by atoms with Gasteiger partial charge in [-0.3, -0.25) is 19.3 Å². The van der Waals surface area contributed by atoms with Crippen LogP contribution in [0, 0.1) is 6.92 Å². The van der Waals surface area contributed by atoms with Gasteiger partial charge in [0.25, 0.3) is 11.8 Å². The van der Waals surface area contributed by atoms with E-state index in [0.717, 1.165) is 12.1 Å². The SMILES string of the molecule is Cc1ncccc1NC(=O)c1cnn2c1C(=O)N(c1ccc(C(F)(F)F)cc1)C[C@@H]2C.S. The molecule has 0 saturated carbocycles. The Morgan fingerprint density at radius 3 is 2.50 bits per heavy atom. The van der Waals surface area contributed by atoms with Crippen LogP contribution in [0.1, 0.15) is 45.1 Å². The zero-order chi connectivity index (χ0) is 22.3. The van der Waals surface area contributed by atoms with Gasteiger partial charge in [0.15, 0.2) is 0 Å². The van der Waals surface area contributed by atoms with E-state index in [1.807, 2.05) is 6.92 Å². The minimum Gasteiger partial charge on any atom is -0.320 e. The number of hydrogen-bond donors (Lipinski definition) is 1. The van der Waals surface area contributed by atoms with Crippen LogP contribution in [0.15, 0.2) is 48.8 Å². The first-order chi connectivity index (χ1) is 14.7. The number of hydrogen-bond acceptors (Lipinski definition) is 4. The molecule has 0 fully saturated rings. The molecule has 4 rings (SSSR count). The minimum atomic E-state index is -4.47. The number of nitrogens with one attached hydrogen (secondary N) is 1. The van der Waals surface area contributed by atoms with Gasteiger partial charge in [0, 0.05) is 18.4 Å². The van der Waals surface area contributed by atoms with Gasteiger partial charge in [-0.1, -0.05) is 0 Å². The molecule has 168 valence electrons. The lowest BCUT2D eigenvalue weighted by Gasteiger charge is -2.32. The van der Waals surface area contributed by atoms with Gasteiger partial charge in [-0.25, -0.2) is 0 Å². The van der Waals surface area contributed by atoms with Crippen LogP contribution in [0.3, 0.4) is 0 Å². The van der Waals surface area contributed by atoms with Gasteiger partial charge in [-0.2, -0.15) is 31.8 Å². The number of benzene rings is 1. The second kappa shape index (κ2) is 8.65. The first-order valence-electron chi connectivity index (χ1n) is 9.46. The standard InChI is InChI=1S/C21H18F3N5O2.H2S/c1-12-11-28(15-7-5-14(6-8-15)21(22,23)24)20(31)18-16(10-26-29(12)18)19(30)27-17-4-3-9-25-13(17)2;/h3-10,12H,11H2,1-2H3,(H,27,30);1H2/t12-;/m0./s1. The number of amides is 2. The van der Waals surface area contributed by atoms with Crippen molar-refractivity contribution in [3.8, 4) is 0 Å². The topological polar surface area (TPSA) is 80.1 Å². The summed E-state index contributed by atoms with van der Waals surface area (Å²) in [6.07, 6.45) is -1.55. The van der Waals surface area contributed by atoms with E-state index in [0.29, 0.717) is 17.1 Å². The Kier molecular flexibility index (Phi) is 6.31. The van der Waals surface area contributed by atoms with Crippen molar-refractivity contribution in [3.63, 3.8) is 0 Å². The maximum Gasteiger partial charge on any atom is 0.416 e. The summed E-state index contributed by atoms with van der Waals surface area (Å²) < 4.78 is 40.1. The third kappa shape index (κ3) is 4.20. The Labute approximate surface area is 188 Å². The molecule has 11 heteroatoms. The predicted octanol–water partition coefficient (Wildman–Crippen LogP) is 4.19. The number of carbonyl (C=O) groups is 2. The molecule has 1 aromatic carbocycles. The smallest absolute Gasteiger partial charge is 0.320 e. The Balaban J connectivity index is 0.00000289. The molecule has 2 amide bonds. The molecule has 0 saturated heterocycles. The number of nitrogens with zero attached hydrogens (tertiary/aromatic N) is 4. The maximum atomic E-state index is 13.2. The van der Waals surface area contributed by atoms with Crippen molar-refractivity contribution < 1.29 is 22.8 Å². The average molecular weight is 463 g/mol. The molecule has 2 aromatic heterocycles. The van der Waals surface area contributed by atoms with Gasteiger partial charge in [0.05, 0.1) is 34.7 Å². The molecule has 0 bridgehead atoms. The van der Waals surface area contributed by atoms with Crippen molar-refractivity contribution in [1.82, 2.24) is 14.8 Å². The van der Waals surface area contributed by atoms with Crippen LogP contribution in [0.5, 0.6) is 0 Å². The summed E-state index contributed by atoms with van der Waals surface area (Å²) >= 11 is 0. The van der Waals surface area contributed by atoms with Gasteiger partial charge in [0.1, 0.15) is 5.69 Å². The van der Waals surface area contributed by atoms with E-state index < -0.39 is 23.6 Å². The molecule has 32 heavy (non-hydrogen) atoms. The summed E-state index contributed by atoms with van der Waals surface area (Å²) in [5.41, 5.74) is 0.790. The Bertz CT molecular complexity index is 1160. The zero-order valence-electron chi connectivity index (χ0n) is 17.1. The number of fused-ring (bicyclic) bond motifs is 1. The Morgan fingerprint density at radius 2 is 1.88 bits per heavy atom. The van der Waals surface area contributed by atoms with Crippen LogP contribution in [0.25, 0.3) is 0 Å². The Hall–Kier alpha value is -3.34. The third-order valence-corrected chi connectivity index (χ3v) is 5.11. The van der Waals surface area contributed by atoms with Crippen molar-refractivity contribution in [2.45, 2.75) is 26.1 Å². The molecule has 1 aliphatic heterocycles. The largest absolute Gasteiger partial charge is 0.416 e. The molecule has 3 aromatic rings. The number of aryl methyl sites for hydroxylation is 1. The Morgan fingerprint density at radius 1 is 1.19 bits per heavy atom. The fraction of sp³-hybridized carbons (Fsp3) is 0.238. The summed E-state index contributed by atoms with van der Waals surface area (Å²) in [5.74, 6) is -1.03. The predicted molar refractivity (Wildman–Crippen MR) is 117 cm³/mol. The molecule has 3 heterocycles. The molecule has 0 aliphatic carbocycles. The van der Waals surface area contributed by atoms with E-state index in [9.17, 15) is 22.8 Å². The highest BCUT2D eigenvalue weighted by atomic mass is 32.1. The molecule has 0 radical (unpaired) electrons. The molecule has 1 aliphatic rings. The number of pyridine rings is 1. The number of aromatic nitrogens is 3. The molecular weight excluding hydrogens is 443 g/mol. The normalized spacial score (nSPS) is 15.7. The summed E-state index contributed by atoms with van der Waals surface area (Å²) in [5, 5.41) is 6.92. The quantitative estimate of drug-likeness (QED) is 0.632. The van der Waals surface area contributed by atoms with E-state index in [1.54, 1.807) is 25.3 Å². The van der Waals surface area contributed by atoms with Crippen LogP contribution in [0.2, 0.25) is 0 Å². The van der Waals surface area contributed by atoms with Crippen LogP contribution < -0.4 is 10.2 Å². The zero-order valence-corrected chi connectivity index (χ0v) is 18.1. The summed E-state index contributed by atoms with van der Waals surface area (Å²) in [7, 11) is 0. The molecule has 7 nitrogen and oxygen atoms in total. The van der Waals surface area contributed by atoms with E-state index in [1.165, 1.54) is 27.9 Å². The molecule has 1 atom stereocenters. The monoisotopic (exact) mass is 463 g/mol. The number of carbonyl (C=O) groups excluding carboxylic acids is 2. The van der Waals surface area contributed by atoms with Crippen LogP contribution >= 0.6 is 13.5 Å². The maximum absolute atomic E-state index is 13.2. The van der Waals surface area contributed by atoms with Gasteiger partial charge in [-0.05, 0) is 50.2 Å². The van der Waals surface area contributed by atoms with Crippen LogP contribution in [-0.4, -0.2) is 33.1 Å². The van der Waals surface area contributed by atoms with Gasteiger partial charge >= 0.3 is 6.18 Å². The number of anilines is 2. The first-order valence-corrected chi connectivity index (χ1v) is 9.46. The summed E-state index contributed by atoms with van der Waals surface area (Å²) in [6, 6.07) is 7.44. The molecule has 1 N–H and O–H groups in total.